The van der Waals surface area contributed by atoms with E-state index in [4.69, 9.17) is 4.74 Å². The Balaban J connectivity index is 1.21. The molecule has 41 heavy (non-hydrogen) atoms. The summed E-state index contributed by atoms with van der Waals surface area (Å²) in [5, 5.41) is 19.4. The molecule has 6 nitrogen and oxygen atoms in total. The molecule has 2 heterocycles. The Bertz CT molecular complexity index is 1440. The SMILES string of the molecule is Cn1cc(CNC2[CH]CC(c3c(O)ccc(-c4ccccc4)c3CN3CCOCC3)C(F)C2)c(-c2ccccc2)n1. The van der Waals surface area contributed by atoms with Gasteiger partial charge < -0.3 is 15.2 Å². The van der Waals surface area contributed by atoms with Gasteiger partial charge in [-0.2, -0.15) is 5.10 Å². The third-order valence-electron chi connectivity index (χ3n) is 8.37. The summed E-state index contributed by atoms with van der Waals surface area (Å²) in [4.78, 5) is 2.34. The number of morpholine rings is 1. The number of aromatic nitrogens is 2. The number of hydrogen-bond acceptors (Lipinski definition) is 5. The van der Waals surface area contributed by atoms with Crippen LogP contribution >= 0.6 is 0 Å². The fourth-order valence-corrected chi connectivity index (χ4v) is 6.28. The highest BCUT2D eigenvalue weighted by Crippen LogP contribution is 2.44. The smallest absolute Gasteiger partial charge is 0.119 e. The molecule has 1 aromatic heterocycles. The largest absolute Gasteiger partial charge is 0.508 e. The lowest BCUT2D eigenvalue weighted by atomic mass is 9.76. The molecule has 3 atom stereocenters. The van der Waals surface area contributed by atoms with Crippen molar-refractivity contribution in [1.82, 2.24) is 20.0 Å². The van der Waals surface area contributed by atoms with Gasteiger partial charge in [-0.15, -0.1) is 0 Å². The number of hydrogen-bond donors (Lipinski definition) is 2. The normalized spacial score (nSPS) is 21.7. The quantitative estimate of drug-likeness (QED) is 0.286. The third-order valence-corrected chi connectivity index (χ3v) is 8.37. The number of rotatable bonds is 8. The minimum atomic E-state index is -1.08. The summed E-state index contributed by atoms with van der Waals surface area (Å²) in [6.07, 6.45) is 4.04. The van der Waals surface area contributed by atoms with Crippen molar-refractivity contribution in [3.8, 4) is 28.1 Å². The van der Waals surface area contributed by atoms with Crippen LogP contribution in [0.5, 0.6) is 5.75 Å². The van der Waals surface area contributed by atoms with Crippen LogP contribution in [0, 0.1) is 6.42 Å². The maximum absolute atomic E-state index is 16.1. The van der Waals surface area contributed by atoms with E-state index < -0.39 is 12.1 Å². The van der Waals surface area contributed by atoms with Crippen molar-refractivity contribution >= 4 is 0 Å². The molecule has 1 aliphatic heterocycles. The summed E-state index contributed by atoms with van der Waals surface area (Å²) in [5.41, 5.74) is 7.02. The number of phenols is 1. The second kappa shape index (κ2) is 12.6. The van der Waals surface area contributed by atoms with E-state index in [0.29, 0.717) is 39.1 Å². The first-order valence-corrected chi connectivity index (χ1v) is 14.6. The molecular formula is C34H38FN4O2. The molecule has 6 rings (SSSR count). The lowest BCUT2D eigenvalue weighted by Gasteiger charge is -2.35. The van der Waals surface area contributed by atoms with Gasteiger partial charge in [-0.1, -0.05) is 66.7 Å². The van der Waals surface area contributed by atoms with Crippen LogP contribution in [0.3, 0.4) is 0 Å². The Morgan fingerprint density at radius 2 is 1.68 bits per heavy atom. The number of aryl methyl sites for hydroxylation is 1. The van der Waals surface area contributed by atoms with E-state index in [9.17, 15) is 5.11 Å². The van der Waals surface area contributed by atoms with E-state index in [1.807, 2.05) is 60.4 Å². The number of halogens is 1. The first-order chi connectivity index (χ1) is 20.1. The summed E-state index contributed by atoms with van der Waals surface area (Å²) in [7, 11) is 1.93. The minimum Gasteiger partial charge on any atom is -0.508 e. The molecule has 3 aromatic carbocycles. The summed E-state index contributed by atoms with van der Waals surface area (Å²) < 4.78 is 23.5. The zero-order chi connectivity index (χ0) is 28.2. The lowest BCUT2D eigenvalue weighted by Crippen LogP contribution is -2.39. The molecule has 0 bridgehead atoms. The summed E-state index contributed by atoms with van der Waals surface area (Å²) >= 11 is 0. The highest BCUT2D eigenvalue weighted by molar-refractivity contribution is 5.71. The number of ether oxygens (including phenoxy) is 1. The summed E-state index contributed by atoms with van der Waals surface area (Å²) in [6.45, 7) is 4.29. The number of alkyl halides is 1. The van der Waals surface area contributed by atoms with Crippen LogP contribution in [0.2, 0.25) is 0 Å². The van der Waals surface area contributed by atoms with E-state index >= 15 is 4.39 Å². The Morgan fingerprint density at radius 1 is 0.976 bits per heavy atom. The van der Waals surface area contributed by atoms with Crippen LogP contribution in [-0.2, 0) is 24.9 Å². The van der Waals surface area contributed by atoms with Gasteiger partial charge in [-0.05, 0) is 42.0 Å². The average molecular weight is 554 g/mol. The van der Waals surface area contributed by atoms with Crippen molar-refractivity contribution in [2.75, 3.05) is 26.3 Å². The summed E-state index contributed by atoms with van der Waals surface area (Å²) in [5.74, 6) is -0.214. The van der Waals surface area contributed by atoms with Gasteiger partial charge in [0, 0.05) is 68.1 Å². The number of benzene rings is 3. The van der Waals surface area contributed by atoms with E-state index in [0.717, 1.165) is 52.2 Å². The number of nitrogens with zero attached hydrogens (tertiary/aromatic N) is 3. The maximum atomic E-state index is 16.1. The van der Waals surface area contributed by atoms with Crippen molar-refractivity contribution < 1.29 is 14.2 Å². The van der Waals surface area contributed by atoms with Crippen molar-refractivity contribution in [2.24, 2.45) is 7.05 Å². The first-order valence-electron chi connectivity index (χ1n) is 14.6. The van der Waals surface area contributed by atoms with Crippen LogP contribution in [-0.4, -0.2) is 58.3 Å². The molecule has 1 aliphatic carbocycles. The summed E-state index contributed by atoms with van der Waals surface area (Å²) in [6, 6.07) is 24.0. The second-order valence-corrected chi connectivity index (χ2v) is 11.1. The van der Waals surface area contributed by atoms with E-state index in [1.54, 1.807) is 6.07 Å². The number of nitrogens with one attached hydrogen (secondary N) is 1. The van der Waals surface area contributed by atoms with Crippen molar-refractivity contribution in [2.45, 2.75) is 44.1 Å². The van der Waals surface area contributed by atoms with E-state index in [-0.39, 0.29) is 11.8 Å². The Labute approximate surface area is 241 Å². The Kier molecular flexibility index (Phi) is 8.46. The van der Waals surface area contributed by atoms with Crippen LogP contribution in [0.4, 0.5) is 4.39 Å². The van der Waals surface area contributed by atoms with E-state index in [1.165, 1.54) is 0 Å². The molecular weight excluding hydrogens is 515 g/mol. The molecule has 2 N–H and O–H groups in total. The predicted molar refractivity (Wildman–Crippen MR) is 160 cm³/mol. The molecule has 4 aromatic rings. The lowest BCUT2D eigenvalue weighted by molar-refractivity contribution is 0.0339. The minimum absolute atomic E-state index is 0.0628. The van der Waals surface area contributed by atoms with Crippen molar-refractivity contribution in [3.63, 3.8) is 0 Å². The molecule has 0 spiro atoms. The molecule has 213 valence electrons. The molecule has 1 radical (unpaired) electrons. The Hall–Kier alpha value is -3.52. The standard InChI is InChI=1S/C34H38FN4O2/c1-38-22-26(34(37-38)25-10-6-3-7-11-25)21-36-27-12-13-29(31(35)20-27)33-30(23-39-16-18-41-19-17-39)28(14-15-32(33)40)24-8-4-2-5-9-24/h2-12,14-15,22,27,29,31,36,40H,13,16-21,23H2,1H3. The van der Waals surface area contributed by atoms with Gasteiger partial charge in [0.15, 0.2) is 0 Å². The first kappa shape index (κ1) is 27.6. The predicted octanol–water partition coefficient (Wildman–Crippen LogP) is 5.87. The van der Waals surface area contributed by atoms with Crippen LogP contribution in [0.1, 0.15) is 35.4 Å². The molecule has 1 saturated heterocycles. The number of phenolic OH excluding ortho intramolecular Hbond substituents is 1. The fraction of sp³-hybridized carbons (Fsp3) is 0.353. The van der Waals surface area contributed by atoms with Gasteiger partial charge in [0.25, 0.3) is 0 Å². The van der Waals surface area contributed by atoms with Gasteiger partial charge in [0.05, 0.1) is 18.9 Å². The topological polar surface area (TPSA) is 62.5 Å². The van der Waals surface area contributed by atoms with Crippen LogP contribution in [0.25, 0.3) is 22.4 Å². The van der Waals surface area contributed by atoms with Gasteiger partial charge in [0.1, 0.15) is 11.9 Å². The van der Waals surface area contributed by atoms with Crippen LogP contribution in [0.15, 0.2) is 79.0 Å². The second-order valence-electron chi connectivity index (χ2n) is 11.1. The van der Waals surface area contributed by atoms with Gasteiger partial charge in [-0.25, -0.2) is 4.39 Å². The molecule has 1 saturated carbocycles. The fourth-order valence-electron chi connectivity index (χ4n) is 6.28. The average Bonchev–Trinajstić information content (AvgIpc) is 3.38. The maximum Gasteiger partial charge on any atom is 0.119 e. The number of aromatic hydroxyl groups is 1. The van der Waals surface area contributed by atoms with Gasteiger partial charge in [-0.3, -0.25) is 9.58 Å². The van der Waals surface area contributed by atoms with Crippen molar-refractivity contribution in [3.05, 3.63) is 102 Å². The van der Waals surface area contributed by atoms with Gasteiger partial charge >= 0.3 is 0 Å². The zero-order valence-electron chi connectivity index (χ0n) is 23.5. The third kappa shape index (κ3) is 6.22. The van der Waals surface area contributed by atoms with Gasteiger partial charge in [0.2, 0.25) is 0 Å². The molecule has 0 amide bonds. The highest BCUT2D eigenvalue weighted by Gasteiger charge is 2.35. The highest BCUT2D eigenvalue weighted by atomic mass is 19.1. The van der Waals surface area contributed by atoms with E-state index in [2.05, 4.69) is 46.0 Å². The molecule has 3 unspecified atom stereocenters. The molecule has 2 aliphatic rings. The molecule has 2 fully saturated rings. The zero-order valence-corrected chi connectivity index (χ0v) is 23.5. The van der Waals surface area contributed by atoms with Crippen molar-refractivity contribution in [1.29, 1.82) is 0 Å². The Morgan fingerprint density at radius 3 is 2.39 bits per heavy atom. The monoisotopic (exact) mass is 553 g/mol. The molecule has 7 heteroatoms. The van der Waals surface area contributed by atoms with Crippen LogP contribution < -0.4 is 5.32 Å².